The lowest BCUT2D eigenvalue weighted by Crippen LogP contribution is -2.25. The van der Waals surface area contributed by atoms with Gasteiger partial charge in [0.1, 0.15) is 0 Å². The number of furan rings is 1. The summed E-state index contributed by atoms with van der Waals surface area (Å²) in [4.78, 5) is 1.23. The highest BCUT2D eigenvalue weighted by Crippen LogP contribution is 2.27. The molecule has 1 aromatic carbocycles. The van der Waals surface area contributed by atoms with Gasteiger partial charge in [-0.1, -0.05) is 12.1 Å². The van der Waals surface area contributed by atoms with Gasteiger partial charge < -0.3 is 10.2 Å². The van der Waals surface area contributed by atoms with E-state index in [-0.39, 0.29) is 6.04 Å². The van der Waals surface area contributed by atoms with Crippen molar-refractivity contribution in [1.29, 1.82) is 0 Å². The summed E-state index contributed by atoms with van der Waals surface area (Å²) in [6, 6.07) is 10.3. The van der Waals surface area contributed by atoms with Crippen LogP contribution in [-0.4, -0.2) is 11.8 Å². The molecule has 0 bridgehead atoms. The standard InChI is InChI=1S/C13H14BrNOS/c14-12-3-1-2-4-13(12)17-9-11(15)7-10-5-6-16-8-10/h1-6,8,11H,7,9,15H2. The smallest absolute Gasteiger partial charge is 0.0935 e. The summed E-state index contributed by atoms with van der Waals surface area (Å²) in [5, 5.41) is 0. The first-order valence-corrected chi connectivity index (χ1v) is 7.17. The van der Waals surface area contributed by atoms with E-state index in [2.05, 4.69) is 22.0 Å². The van der Waals surface area contributed by atoms with Crippen molar-refractivity contribution in [1.82, 2.24) is 0 Å². The molecule has 2 aromatic rings. The van der Waals surface area contributed by atoms with Gasteiger partial charge in [0.25, 0.3) is 0 Å². The molecule has 0 amide bonds. The van der Waals surface area contributed by atoms with E-state index in [1.807, 2.05) is 24.3 Å². The second-order valence-corrected chi connectivity index (χ2v) is 5.75. The van der Waals surface area contributed by atoms with Crippen LogP contribution in [0.3, 0.4) is 0 Å². The monoisotopic (exact) mass is 311 g/mol. The number of halogens is 1. The molecule has 0 aliphatic rings. The molecule has 2 rings (SSSR count). The molecule has 90 valence electrons. The van der Waals surface area contributed by atoms with E-state index < -0.39 is 0 Å². The van der Waals surface area contributed by atoms with Crippen molar-refractivity contribution in [2.45, 2.75) is 17.4 Å². The molecule has 0 aliphatic carbocycles. The van der Waals surface area contributed by atoms with Crippen molar-refractivity contribution >= 4 is 27.7 Å². The van der Waals surface area contributed by atoms with Gasteiger partial charge in [0.15, 0.2) is 0 Å². The van der Waals surface area contributed by atoms with Crippen molar-refractivity contribution in [3.05, 3.63) is 52.9 Å². The Balaban J connectivity index is 1.84. The normalized spacial score (nSPS) is 12.6. The number of rotatable bonds is 5. The third-order valence-electron chi connectivity index (χ3n) is 2.37. The van der Waals surface area contributed by atoms with Crippen molar-refractivity contribution in [3.8, 4) is 0 Å². The fourth-order valence-electron chi connectivity index (χ4n) is 1.53. The van der Waals surface area contributed by atoms with Gasteiger partial charge in [-0.15, -0.1) is 11.8 Å². The Morgan fingerprint density at radius 1 is 1.29 bits per heavy atom. The van der Waals surface area contributed by atoms with Gasteiger partial charge in [0.2, 0.25) is 0 Å². The summed E-state index contributed by atoms with van der Waals surface area (Å²) in [5.74, 6) is 0.897. The minimum atomic E-state index is 0.143. The van der Waals surface area contributed by atoms with E-state index in [0.717, 1.165) is 22.2 Å². The van der Waals surface area contributed by atoms with Crippen LogP contribution in [0.15, 0.2) is 56.6 Å². The maximum absolute atomic E-state index is 6.09. The van der Waals surface area contributed by atoms with Crippen LogP contribution in [0.25, 0.3) is 0 Å². The first-order valence-electron chi connectivity index (χ1n) is 5.39. The number of thioether (sulfide) groups is 1. The fraction of sp³-hybridized carbons (Fsp3) is 0.231. The third kappa shape index (κ3) is 3.91. The van der Waals surface area contributed by atoms with Crippen molar-refractivity contribution < 1.29 is 4.42 Å². The molecule has 1 aromatic heterocycles. The number of hydrogen-bond acceptors (Lipinski definition) is 3. The van der Waals surface area contributed by atoms with Gasteiger partial charge in [0.05, 0.1) is 12.5 Å². The summed E-state index contributed by atoms with van der Waals surface area (Å²) in [6.45, 7) is 0. The van der Waals surface area contributed by atoms with Crippen LogP contribution in [0, 0.1) is 0 Å². The first kappa shape index (κ1) is 12.7. The van der Waals surface area contributed by atoms with Crippen LogP contribution in [0.2, 0.25) is 0 Å². The van der Waals surface area contributed by atoms with Crippen LogP contribution >= 0.6 is 27.7 Å². The zero-order valence-corrected chi connectivity index (χ0v) is 11.7. The summed E-state index contributed by atoms with van der Waals surface area (Å²) in [5.41, 5.74) is 7.24. The number of hydrogen-bond donors (Lipinski definition) is 1. The van der Waals surface area contributed by atoms with E-state index >= 15 is 0 Å². The minimum absolute atomic E-state index is 0.143. The van der Waals surface area contributed by atoms with Crippen LogP contribution in [0.1, 0.15) is 5.56 Å². The highest BCUT2D eigenvalue weighted by atomic mass is 79.9. The van der Waals surface area contributed by atoms with E-state index in [4.69, 9.17) is 10.2 Å². The second kappa shape index (κ2) is 6.28. The Kier molecular flexibility index (Phi) is 4.71. The highest BCUT2D eigenvalue weighted by Gasteiger charge is 2.07. The number of benzene rings is 1. The van der Waals surface area contributed by atoms with E-state index in [1.54, 1.807) is 24.3 Å². The summed E-state index contributed by atoms with van der Waals surface area (Å²) in [7, 11) is 0. The molecule has 0 saturated carbocycles. The Morgan fingerprint density at radius 3 is 2.82 bits per heavy atom. The van der Waals surface area contributed by atoms with Crippen LogP contribution in [0.4, 0.5) is 0 Å². The Bertz CT molecular complexity index is 458. The largest absolute Gasteiger partial charge is 0.472 e. The maximum Gasteiger partial charge on any atom is 0.0935 e. The Morgan fingerprint density at radius 2 is 2.12 bits per heavy atom. The Labute approximate surface area is 114 Å². The molecule has 1 atom stereocenters. The molecule has 0 fully saturated rings. The summed E-state index contributed by atoms with van der Waals surface area (Å²) >= 11 is 5.30. The first-order chi connectivity index (χ1) is 8.25. The van der Waals surface area contributed by atoms with Crippen LogP contribution in [0.5, 0.6) is 0 Å². The molecular formula is C13H14BrNOS. The summed E-state index contributed by atoms with van der Waals surface area (Å²) in [6.07, 6.45) is 4.29. The third-order valence-corrected chi connectivity index (χ3v) is 4.58. The quantitative estimate of drug-likeness (QED) is 0.856. The van der Waals surface area contributed by atoms with Crippen molar-refractivity contribution in [3.63, 3.8) is 0 Å². The molecule has 0 saturated heterocycles. The van der Waals surface area contributed by atoms with Gasteiger partial charge in [-0.2, -0.15) is 0 Å². The SMILES string of the molecule is NC(CSc1ccccc1Br)Cc1ccoc1. The molecule has 0 spiro atoms. The zero-order chi connectivity index (χ0) is 12.1. The zero-order valence-electron chi connectivity index (χ0n) is 9.30. The van der Waals surface area contributed by atoms with Crippen LogP contribution in [-0.2, 0) is 6.42 Å². The van der Waals surface area contributed by atoms with Crippen LogP contribution < -0.4 is 5.73 Å². The Hall–Kier alpha value is -0.710. The van der Waals surface area contributed by atoms with Gasteiger partial charge >= 0.3 is 0 Å². The van der Waals surface area contributed by atoms with Gasteiger partial charge in [-0.25, -0.2) is 0 Å². The molecule has 4 heteroatoms. The fourth-order valence-corrected chi connectivity index (χ4v) is 3.05. The lowest BCUT2D eigenvalue weighted by Gasteiger charge is -2.10. The molecule has 0 aliphatic heterocycles. The van der Waals surface area contributed by atoms with E-state index in [0.29, 0.717) is 0 Å². The molecule has 2 nitrogen and oxygen atoms in total. The maximum atomic E-state index is 6.09. The van der Waals surface area contributed by atoms with Gasteiger partial charge in [0, 0.05) is 21.2 Å². The topological polar surface area (TPSA) is 39.2 Å². The molecule has 0 radical (unpaired) electrons. The predicted molar refractivity (Wildman–Crippen MR) is 75.3 cm³/mol. The molecule has 1 unspecified atom stereocenters. The van der Waals surface area contributed by atoms with E-state index in [1.165, 1.54) is 4.90 Å². The highest BCUT2D eigenvalue weighted by molar-refractivity contribution is 9.10. The average molecular weight is 312 g/mol. The predicted octanol–water partition coefficient (Wildman–Crippen LogP) is 3.70. The van der Waals surface area contributed by atoms with Crippen molar-refractivity contribution in [2.75, 3.05) is 5.75 Å². The van der Waals surface area contributed by atoms with Gasteiger partial charge in [-0.3, -0.25) is 0 Å². The second-order valence-electron chi connectivity index (χ2n) is 3.84. The minimum Gasteiger partial charge on any atom is -0.472 e. The molecule has 2 N–H and O–H groups in total. The molecular weight excluding hydrogens is 298 g/mol. The van der Waals surface area contributed by atoms with Crippen molar-refractivity contribution in [2.24, 2.45) is 5.73 Å². The lowest BCUT2D eigenvalue weighted by atomic mass is 10.1. The molecule has 1 heterocycles. The lowest BCUT2D eigenvalue weighted by molar-refractivity contribution is 0.562. The average Bonchev–Trinajstić information content (AvgIpc) is 2.81. The van der Waals surface area contributed by atoms with Gasteiger partial charge in [-0.05, 0) is 46.1 Å². The number of nitrogens with two attached hydrogens (primary N) is 1. The molecule has 17 heavy (non-hydrogen) atoms. The summed E-state index contributed by atoms with van der Waals surface area (Å²) < 4.78 is 6.15. The van der Waals surface area contributed by atoms with E-state index in [9.17, 15) is 0 Å².